The Balaban J connectivity index is 2.11. The van der Waals surface area contributed by atoms with E-state index < -0.39 is 0 Å². The Hall–Kier alpha value is -0.570. The molecule has 2 rings (SSSR count). The standard InChI is InChI=1S/C12H21NO2/c1-11(2,3)15-10(14)12-6-4-5-9(12)7-13-8-12/h9,13H,4-8H2,1-3H3/t9-,12+/m0/s1. The Kier molecular flexibility index (Phi) is 2.53. The lowest BCUT2D eigenvalue weighted by atomic mass is 9.80. The zero-order valence-electron chi connectivity index (χ0n) is 9.93. The number of hydrogen-bond donors (Lipinski definition) is 1. The number of ether oxygens (including phenoxy) is 1. The lowest BCUT2D eigenvalue weighted by Crippen LogP contribution is -2.40. The monoisotopic (exact) mass is 211 g/mol. The van der Waals surface area contributed by atoms with E-state index in [-0.39, 0.29) is 17.0 Å². The highest BCUT2D eigenvalue weighted by Gasteiger charge is 2.53. The lowest BCUT2D eigenvalue weighted by molar-refractivity contribution is -0.168. The molecule has 3 heteroatoms. The van der Waals surface area contributed by atoms with Crippen LogP contribution < -0.4 is 5.32 Å². The van der Waals surface area contributed by atoms with Gasteiger partial charge in [0.15, 0.2) is 0 Å². The topological polar surface area (TPSA) is 38.3 Å². The second kappa shape index (κ2) is 3.48. The molecule has 0 bridgehead atoms. The fourth-order valence-corrected chi connectivity index (χ4v) is 2.86. The van der Waals surface area contributed by atoms with Gasteiger partial charge in [-0.15, -0.1) is 0 Å². The van der Waals surface area contributed by atoms with Crippen LogP contribution >= 0.6 is 0 Å². The van der Waals surface area contributed by atoms with Crippen molar-refractivity contribution in [2.24, 2.45) is 11.3 Å². The van der Waals surface area contributed by atoms with Gasteiger partial charge in [-0.05, 0) is 46.1 Å². The quantitative estimate of drug-likeness (QED) is 0.671. The molecule has 0 radical (unpaired) electrons. The minimum atomic E-state index is -0.360. The molecule has 2 atom stereocenters. The molecular formula is C12H21NO2. The van der Waals surface area contributed by atoms with Crippen LogP contribution in [-0.4, -0.2) is 24.7 Å². The van der Waals surface area contributed by atoms with Crippen molar-refractivity contribution in [2.45, 2.75) is 45.6 Å². The number of carbonyl (C=O) groups is 1. The normalized spacial score (nSPS) is 35.3. The minimum absolute atomic E-state index is 0.0162. The third-order valence-corrected chi connectivity index (χ3v) is 3.59. The molecule has 1 aliphatic heterocycles. The fraction of sp³-hybridized carbons (Fsp3) is 0.917. The van der Waals surface area contributed by atoms with Crippen molar-refractivity contribution in [3.05, 3.63) is 0 Å². The van der Waals surface area contributed by atoms with Crippen molar-refractivity contribution in [2.75, 3.05) is 13.1 Å². The van der Waals surface area contributed by atoms with Gasteiger partial charge in [-0.3, -0.25) is 4.79 Å². The summed E-state index contributed by atoms with van der Waals surface area (Å²) in [4.78, 5) is 12.2. The Bertz CT molecular complexity index is 257. The second-order valence-electron chi connectivity index (χ2n) is 5.88. The molecule has 0 unspecified atom stereocenters. The molecule has 2 aliphatic rings. The van der Waals surface area contributed by atoms with Crippen molar-refractivity contribution in [1.82, 2.24) is 5.32 Å². The molecule has 1 saturated heterocycles. The molecule has 2 fully saturated rings. The first-order valence-corrected chi connectivity index (χ1v) is 5.88. The van der Waals surface area contributed by atoms with E-state index in [4.69, 9.17) is 4.74 Å². The molecule has 1 aliphatic carbocycles. The Morgan fingerprint density at radius 3 is 2.87 bits per heavy atom. The predicted molar refractivity (Wildman–Crippen MR) is 58.5 cm³/mol. The van der Waals surface area contributed by atoms with Crippen molar-refractivity contribution in [1.29, 1.82) is 0 Å². The average molecular weight is 211 g/mol. The Labute approximate surface area is 91.6 Å². The van der Waals surface area contributed by atoms with E-state index in [2.05, 4.69) is 5.32 Å². The first-order valence-electron chi connectivity index (χ1n) is 5.88. The van der Waals surface area contributed by atoms with Crippen LogP contribution in [0.5, 0.6) is 0 Å². The second-order valence-corrected chi connectivity index (χ2v) is 5.88. The van der Waals surface area contributed by atoms with Crippen LogP contribution in [-0.2, 0) is 9.53 Å². The summed E-state index contributed by atoms with van der Waals surface area (Å²) in [6.45, 7) is 7.61. The molecule has 1 N–H and O–H groups in total. The van der Waals surface area contributed by atoms with Gasteiger partial charge in [0.2, 0.25) is 0 Å². The van der Waals surface area contributed by atoms with Gasteiger partial charge in [0.1, 0.15) is 5.60 Å². The van der Waals surface area contributed by atoms with Gasteiger partial charge < -0.3 is 10.1 Å². The Morgan fingerprint density at radius 1 is 1.47 bits per heavy atom. The van der Waals surface area contributed by atoms with Crippen LogP contribution in [0.4, 0.5) is 0 Å². The first kappa shape index (κ1) is 10.9. The summed E-state index contributed by atoms with van der Waals surface area (Å²) >= 11 is 0. The number of esters is 1. The van der Waals surface area contributed by atoms with Crippen LogP contribution in [0.2, 0.25) is 0 Å². The highest BCUT2D eigenvalue weighted by Crippen LogP contribution is 2.47. The van der Waals surface area contributed by atoms with E-state index in [1.807, 2.05) is 20.8 Å². The molecule has 15 heavy (non-hydrogen) atoms. The van der Waals surface area contributed by atoms with Crippen molar-refractivity contribution < 1.29 is 9.53 Å². The molecule has 0 amide bonds. The number of nitrogens with one attached hydrogen (secondary N) is 1. The van der Waals surface area contributed by atoms with Gasteiger partial charge >= 0.3 is 5.97 Å². The summed E-state index contributed by atoms with van der Waals surface area (Å²) < 4.78 is 5.55. The summed E-state index contributed by atoms with van der Waals surface area (Å²) in [5, 5.41) is 3.33. The largest absolute Gasteiger partial charge is 0.459 e. The third kappa shape index (κ3) is 1.89. The predicted octanol–water partition coefficient (Wildman–Crippen LogP) is 1.72. The molecule has 1 heterocycles. The maximum Gasteiger partial charge on any atom is 0.314 e. The molecule has 0 aromatic carbocycles. The number of fused-ring (bicyclic) bond motifs is 1. The van der Waals surface area contributed by atoms with Gasteiger partial charge in [0.25, 0.3) is 0 Å². The summed E-state index contributed by atoms with van der Waals surface area (Å²) in [5.41, 5.74) is -0.561. The summed E-state index contributed by atoms with van der Waals surface area (Å²) in [6, 6.07) is 0. The van der Waals surface area contributed by atoms with Crippen molar-refractivity contribution >= 4 is 5.97 Å². The highest BCUT2D eigenvalue weighted by molar-refractivity contribution is 5.79. The van der Waals surface area contributed by atoms with Crippen LogP contribution in [0, 0.1) is 11.3 Å². The van der Waals surface area contributed by atoms with Crippen LogP contribution in [0.15, 0.2) is 0 Å². The van der Waals surface area contributed by atoms with Crippen LogP contribution in [0.25, 0.3) is 0 Å². The summed E-state index contributed by atoms with van der Waals surface area (Å²) in [5.74, 6) is 0.523. The summed E-state index contributed by atoms with van der Waals surface area (Å²) in [7, 11) is 0. The minimum Gasteiger partial charge on any atom is -0.459 e. The third-order valence-electron chi connectivity index (χ3n) is 3.59. The van der Waals surface area contributed by atoms with E-state index >= 15 is 0 Å². The van der Waals surface area contributed by atoms with Gasteiger partial charge in [-0.1, -0.05) is 6.42 Å². The first-order chi connectivity index (χ1) is 6.94. The van der Waals surface area contributed by atoms with E-state index in [0.29, 0.717) is 5.92 Å². The van der Waals surface area contributed by atoms with Crippen LogP contribution in [0.1, 0.15) is 40.0 Å². The van der Waals surface area contributed by atoms with Crippen molar-refractivity contribution in [3.8, 4) is 0 Å². The molecule has 1 saturated carbocycles. The maximum atomic E-state index is 12.2. The van der Waals surface area contributed by atoms with E-state index in [1.54, 1.807) is 0 Å². The fourth-order valence-electron chi connectivity index (χ4n) is 2.86. The SMILES string of the molecule is CC(C)(C)OC(=O)[C@@]12CCC[C@H]1CNC2. The summed E-state index contributed by atoms with van der Waals surface area (Å²) in [6.07, 6.45) is 3.34. The molecular weight excluding hydrogens is 190 g/mol. The van der Waals surface area contributed by atoms with E-state index in [1.165, 1.54) is 12.8 Å². The zero-order chi connectivity index (χ0) is 11.1. The maximum absolute atomic E-state index is 12.2. The highest BCUT2D eigenvalue weighted by atomic mass is 16.6. The van der Waals surface area contributed by atoms with Crippen LogP contribution in [0.3, 0.4) is 0 Å². The number of hydrogen-bond acceptors (Lipinski definition) is 3. The molecule has 3 nitrogen and oxygen atoms in total. The molecule has 0 spiro atoms. The lowest BCUT2D eigenvalue weighted by Gasteiger charge is -2.30. The molecule has 0 aromatic rings. The van der Waals surface area contributed by atoms with Gasteiger partial charge in [-0.25, -0.2) is 0 Å². The zero-order valence-corrected chi connectivity index (χ0v) is 9.93. The Morgan fingerprint density at radius 2 is 2.20 bits per heavy atom. The van der Waals surface area contributed by atoms with Crippen molar-refractivity contribution in [3.63, 3.8) is 0 Å². The molecule has 86 valence electrons. The van der Waals surface area contributed by atoms with Gasteiger partial charge in [-0.2, -0.15) is 0 Å². The average Bonchev–Trinajstić information content (AvgIpc) is 2.55. The van der Waals surface area contributed by atoms with Gasteiger partial charge in [0, 0.05) is 6.54 Å². The smallest absolute Gasteiger partial charge is 0.314 e. The van der Waals surface area contributed by atoms with E-state index in [0.717, 1.165) is 19.5 Å². The number of carbonyl (C=O) groups excluding carboxylic acids is 1. The van der Waals surface area contributed by atoms with Gasteiger partial charge in [0.05, 0.1) is 5.41 Å². The molecule has 0 aromatic heterocycles. The van der Waals surface area contributed by atoms with E-state index in [9.17, 15) is 4.79 Å². The number of rotatable bonds is 1.